The highest BCUT2D eigenvalue weighted by molar-refractivity contribution is 5.96. The van der Waals surface area contributed by atoms with Gasteiger partial charge in [0.1, 0.15) is 0 Å². The van der Waals surface area contributed by atoms with Crippen LogP contribution in [0.15, 0.2) is 0 Å². The summed E-state index contributed by atoms with van der Waals surface area (Å²) in [4.78, 5) is 28.6. The molecule has 0 spiro atoms. The zero-order valence-corrected chi connectivity index (χ0v) is 11.5. The molecule has 1 aromatic rings. The maximum Gasteiger partial charge on any atom is 0.451 e. The van der Waals surface area contributed by atoms with Crippen molar-refractivity contribution >= 4 is 17.8 Å². The average Bonchev–Trinajstić information content (AvgIpc) is 2.96. The van der Waals surface area contributed by atoms with E-state index >= 15 is 0 Å². The molecule has 1 aliphatic heterocycles. The highest BCUT2D eigenvalue weighted by Gasteiger charge is 2.38. The lowest BCUT2D eigenvalue weighted by Crippen LogP contribution is -2.30. The van der Waals surface area contributed by atoms with E-state index in [0.29, 0.717) is 12.5 Å². The van der Waals surface area contributed by atoms with Gasteiger partial charge in [0, 0.05) is 19.5 Å². The summed E-state index contributed by atoms with van der Waals surface area (Å²) in [5, 5.41) is 7.23. The Labute approximate surface area is 123 Å². The maximum absolute atomic E-state index is 12.4. The standard InChI is InChI=1S/C12H14F3N5O2/c13-12(14,15)10-17-11(19-18-10)16-9(22)7-3-8(21)20(5-7)4-6-1-2-6/h6-7H,1-5H2,(H2,16,17,18,19,22). The van der Waals surface area contributed by atoms with Crippen molar-refractivity contribution in [1.82, 2.24) is 20.1 Å². The van der Waals surface area contributed by atoms with Gasteiger partial charge in [-0.05, 0) is 18.8 Å². The number of carbonyl (C=O) groups excluding carboxylic acids is 2. The number of rotatable bonds is 4. The van der Waals surface area contributed by atoms with E-state index in [9.17, 15) is 22.8 Å². The molecule has 2 amide bonds. The molecule has 10 heteroatoms. The van der Waals surface area contributed by atoms with Crippen LogP contribution in [0.4, 0.5) is 19.1 Å². The maximum atomic E-state index is 12.4. The number of nitrogens with one attached hydrogen (secondary N) is 2. The number of hydrogen-bond acceptors (Lipinski definition) is 4. The van der Waals surface area contributed by atoms with Crippen LogP contribution in [0, 0.1) is 11.8 Å². The van der Waals surface area contributed by atoms with Crippen molar-refractivity contribution in [1.29, 1.82) is 0 Å². The number of aromatic nitrogens is 3. The summed E-state index contributed by atoms with van der Waals surface area (Å²) >= 11 is 0. The van der Waals surface area contributed by atoms with Gasteiger partial charge in [0.2, 0.25) is 23.6 Å². The van der Waals surface area contributed by atoms with Crippen molar-refractivity contribution in [3.63, 3.8) is 0 Å². The van der Waals surface area contributed by atoms with Gasteiger partial charge in [0.15, 0.2) is 0 Å². The summed E-state index contributed by atoms with van der Waals surface area (Å²) in [6, 6.07) is 0. The van der Waals surface area contributed by atoms with Crippen LogP contribution in [0.2, 0.25) is 0 Å². The first-order valence-electron chi connectivity index (χ1n) is 6.91. The number of carbonyl (C=O) groups is 2. The fraction of sp³-hybridized carbons (Fsp3) is 0.667. The first kappa shape index (κ1) is 14.8. The normalized spacial score (nSPS) is 22.2. The topological polar surface area (TPSA) is 91.0 Å². The smallest absolute Gasteiger partial charge is 0.342 e. The van der Waals surface area contributed by atoms with E-state index in [1.807, 2.05) is 0 Å². The molecular weight excluding hydrogens is 303 g/mol. The predicted octanol–water partition coefficient (Wildman–Crippen LogP) is 1.02. The Morgan fingerprint density at radius 2 is 2.14 bits per heavy atom. The Hall–Kier alpha value is -2.13. The van der Waals surface area contributed by atoms with Gasteiger partial charge in [0.05, 0.1) is 5.92 Å². The molecule has 1 aromatic heterocycles. The molecular formula is C12H14F3N5O2. The lowest BCUT2D eigenvalue weighted by atomic mass is 10.1. The first-order chi connectivity index (χ1) is 10.3. The minimum atomic E-state index is -4.65. The monoisotopic (exact) mass is 317 g/mol. The number of aromatic amines is 1. The van der Waals surface area contributed by atoms with Crippen LogP contribution in [0.5, 0.6) is 0 Å². The van der Waals surface area contributed by atoms with E-state index in [1.165, 1.54) is 0 Å². The van der Waals surface area contributed by atoms with Crippen molar-refractivity contribution < 1.29 is 22.8 Å². The quantitative estimate of drug-likeness (QED) is 0.867. The van der Waals surface area contributed by atoms with Gasteiger partial charge in [-0.25, -0.2) is 0 Å². The third-order valence-electron chi connectivity index (χ3n) is 3.75. The molecule has 3 rings (SSSR count). The summed E-state index contributed by atoms with van der Waals surface area (Å²) in [6.07, 6.45) is -2.40. The van der Waals surface area contributed by atoms with E-state index in [-0.39, 0.29) is 18.9 Å². The van der Waals surface area contributed by atoms with Crippen molar-refractivity contribution in [2.45, 2.75) is 25.4 Å². The Kier molecular flexibility index (Phi) is 3.53. The molecule has 1 saturated carbocycles. The molecule has 120 valence electrons. The van der Waals surface area contributed by atoms with Gasteiger partial charge in [0.25, 0.3) is 0 Å². The van der Waals surface area contributed by atoms with Crippen LogP contribution in [0.3, 0.4) is 0 Å². The number of hydrogen-bond donors (Lipinski definition) is 2. The summed E-state index contributed by atoms with van der Waals surface area (Å²) < 4.78 is 37.1. The van der Waals surface area contributed by atoms with Crippen LogP contribution in [0.1, 0.15) is 25.1 Å². The summed E-state index contributed by atoms with van der Waals surface area (Å²) in [5.41, 5.74) is 0. The molecule has 22 heavy (non-hydrogen) atoms. The number of halogens is 3. The molecule has 1 unspecified atom stereocenters. The van der Waals surface area contributed by atoms with Gasteiger partial charge in [-0.15, -0.1) is 5.10 Å². The highest BCUT2D eigenvalue weighted by atomic mass is 19.4. The fourth-order valence-corrected chi connectivity index (χ4v) is 2.39. The Morgan fingerprint density at radius 3 is 2.73 bits per heavy atom. The number of likely N-dealkylation sites (tertiary alicyclic amines) is 1. The second kappa shape index (κ2) is 5.25. The van der Waals surface area contributed by atoms with Crippen LogP contribution in [-0.2, 0) is 15.8 Å². The molecule has 0 radical (unpaired) electrons. The van der Waals surface area contributed by atoms with Crippen molar-refractivity contribution in [2.75, 3.05) is 18.4 Å². The number of nitrogens with zero attached hydrogens (tertiary/aromatic N) is 3. The average molecular weight is 317 g/mol. The molecule has 1 atom stereocenters. The van der Waals surface area contributed by atoms with Gasteiger partial charge in [-0.1, -0.05) is 0 Å². The van der Waals surface area contributed by atoms with Crippen LogP contribution in [0.25, 0.3) is 0 Å². The zero-order valence-electron chi connectivity index (χ0n) is 11.5. The van der Waals surface area contributed by atoms with Crippen LogP contribution < -0.4 is 5.32 Å². The predicted molar refractivity (Wildman–Crippen MR) is 67.4 cm³/mol. The fourth-order valence-electron chi connectivity index (χ4n) is 2.39. The Bertz CT molecular complexity index is 596. The molecule has 2 aliphatic rings. The molecule has 2 fully saturated rings. The highest BCUT2D eigenvalue weighted by Crippen LogP contribution is 2.32. The largest absolute Gasteiger partial charge is 0.451 e. The van der Waals surface area contributed by atoms with Gasteiger partial charge in [-0.2, -0.15) is 18.2 Å². The van der Waals surface area contributed by atoms with Crippen molar-refractivity contribution in [3.8, 4) is 0 Å². The molecule has 2 heterocycles. The lowest BCUT2D eigenvalue weighted by molar-refractivity contribution is -0.144. The second-order valence-electron chi connectivity index (χ2n) is 5.64. The van der Waals surface area contributed by atoms with E-state index in [0.717, 1.165) is 12.8 Å². The van der Waals surface area contributed by atoms with Gasteiger partial charge >= 0.3 is 6.18 Å². The van der Waals surface area contributed by atoms with E-state index in [2.05, 4.69) is 15.4 Å². The summed E-state index contributed by atoms with van der Waals surface area (Å²) in [6.45, 7) is 0.944. The van der Waals surface area contributed by atoms with E-state index in [4.69, 9.17) is 0 Å². The third kappa shape index (κ3) is 3.20. The Balaban J connectivity index is 1.58. The first-order valence-corrected chi connectivity index (χ1v) is 6.91. The minimum Gasteiger partial charge on any atom is -0.342 e. The Morgan fingerprint density at radius 1 is 1.41 bits per heavy atom. The zero-order chi connectivity index (χ0) is 15.9. The number of H-pyrrole nitrogens is 1. The van der Waals surface area contributed by atoms with Gasteiger partial charge in [-0.3, -0.25) is 20.0 Å². The molecule has 1 saturated heterocycles. The van der Waals surface area contributed by atoms with Crippen molar-refractivity contribution in [2.24, 2.45) is 11.8 Å². The number of alkyl halides is 3. The number of amides is 2. The molecule has 2 N–H and O–H groups in total. The van der Waals surface area contributed by atoms with Crippen LogP contribution >= 0.6 is 0 Å². The third-order valence-corrected chi connectivity index (χ3v) is 3.75. The SMILES string of the molecule is O=C(Nc1n[nH]c(C(F)(F)F)n1)C1CC(=O)N(CC2CC2)C1. The molecule has 0 aromatic carbocycles. The molecule has 7 nitrogen and oxygen atoms in total. The summed E-state index contributed by atoms with van der Waals surface area (Å²) in [7, 11) is 0. The van der Waals surface area contributed by atoms with Crippen molar-refractivity contribution in [3.05, 3.63) is 5.82 Å². The lowest BCUT2D eigenvalue weighted by Gasteiger charge is -2.15. The van der Waals surface area contributed by atoms with Crippen LogP contribution in [-0.4, -0.2) is 45.0 Å². The van der Waals surface area contributed by atoms with E-state index in [1.54, 1.807) is 10.00 Å². The molecule has 1 aliphatic carbocycles. The summed E-state index contributed by atoms with van der Waals surface area (Å²) in [5.74, 6) is -2.42. The molecule has 0 bridgehead atoms. The number of anilines is 1. The van der Waals surface area contributed by atoms with E-state index < -0.39 is 29.8 Å². The van der Waals surface area contributed by atoms with Gasteiger partial charge < -0.3 is 4.90 Å². The second-order valence-corrected chi connectivity index (χ2v) is 5.64. The minimum absolute atomic E-state index is 0.0646.